The summed E-state index contributed by atoms with van der Waals surface area (Å²) in [5.41, 5.74) is 1.48. The molecule has 1 heterocycles. The van der Waals surface area contributed by atoms with E-state index in [0.717, 1.165) is 12.0 Å². The molecular weight excluding hydrogens is 206 g/mol. The highest BCUT2D eigenvalue weighted by Gasteiger charge is 2.06. The number of hydrogen-bond acceptors (Lipinski definition) is 4. The van der Waals surface area contributed by atoms with Crippen LogP contribution in [0.1, 0.15) is 23.7 Å². The lowest BCUT2D eigenvalue weighted by atomic mass is 10.2. The number of carbonyl (C=O) groups is 1. The standard InChI is InChI=1S/C12H15NO3/c1-9(2)5-7-16-11-8-10(4-6-13-11)12(14)15-3/h4,6,8H,1,5,7H2,2-3H3. The van der Waals surface area contributed by atoms with Gasteiger partial charge in [0.2, 0.25) is 5.88 Å². The van der Waals surface area contributed by atoms with E-state index >= 15 is 0 Å². The average Bonchev–Trinajstić information content (AvgIpc) is 2.28. The molecule has 4 heteroatoms. The summed E-state index contributed by atoms with van der Waals surface area (Å²) in [5.74, 6) is 0.0244. The summed E-state index contributed by atoms with van der Waals surface area (Å²) < 4.78 is 9.97. The van der Waals surface area contributed by atoms with Crippen molar-refractivity contribution in [2.45, 2.75) is 13.3 Å². The van der Waals surface area contributed by atoms with Crippen molar-refractivity contribution >= 4 is 5.97 Å². The lowest BCUT2D eigenvalue weighted by molar-refractivity contribution is 0.0600. The molecule has 1 rings (SSSR count). The fourth-order valence-corrected chi connectivity index (χ4v) is 1.06. The van der Waals surface area contributed by atoms with Gasteiger partial charge in [0, 0.05) is 18.7 Å². The summed E-state index contributed by atoms with van der Waals surface area (Å²) in [6, 6.07) is 3.14. The molecule has 4 nitrogen and oxygen atoms in total. The van der Waals surface area contributed by atoms with Crippen LogP contribution >= 0.6 is 0 Å². The van der Waals surface area contributed by atoms with Crippen LogP contribution in [0.4, 0.5) is 0 Å². The third kappa shape index (κ3) is 3.73. The summed E-state index contributed by atoms with van der Waals surface area (Å²) in [4.78, 5) is 15.2. The van der Waals surface area contributed by atoms with Crippen LogP contribution in [0.2, 0.25) is 0 Å². The minimum absolute atomic E-state index is 0.396. The molecule has 16 heavy (non-hydrogen) atoms. The van der Waals surface area contributed by atoms with Gasteiger partial charge in [0.05, 0.1) is 19.3 Å². The molecule has 0 aromatic carbocycles. The largest absolute Gasteiger partial charge is 0.477 e. The third-order valence-corrected chi connectivity index (χ3v) is 1.93. The lowest BCUT2D eigenvalue weighted by Crippen LogP contribution is -2.04. The molecular formula is C12H15NO3. The molecule has 0 saturated heterocycles. The van der Waals surface area contributed by atoms with Crippen LogP contribution < -0.4 is 4.74 Å². The van der Waals surface area contributed by atoms with E-state index < -0.39 is 5.97 Å². The predicted octanol–water partition coefficient (Wildman–Crippen LogP) is 2.21. The molecule has 0 radical (unpaired) electrons. The smallest absolute Gasteiger partial charge is 0.338 e. The second-order valence-corrected chi connectivity index (χ2v) is 3.43. The quantitative estimate of drug-likeness (QED) is 0.565. The van der Waals surface area contributed by atoms with Crippen molar-refractivity contribution in [3.05, 3.63) is 36.0 Å². The minimum atomic E-state index is -0.396. The predicted molar refractivity (Wildman–Crippen MR) is 60.5 cm³/mol. The van der Waals surface area contributed by atoms with E-state index in [-0.39, 0.29) is 0 Å². The number of ether oxygens (including phenoxy) is 2. The van der Waals surface area contributed by atoms with Gasteiger partial charge in [0.1, 0.15) is 0 Å². The number of esters is 1. The number of pyridine rings is 1. The van der Waals surface area contributed by atoms with Crippen molar-refractivity contribution in [2.75, 3.05) is 13.7 Å². The summed E-state index contributed by atoms with van der Waals surface area (Å²) in [6.45, 7) is 6.21. The van der Waals surface area contributed by atoms with Gasteiger partial charge < -0.3 is 9.47 Å². The Morgan fingerprint density at radius 2 is 2.31 bits per heavy atom. The van der Waals surface area contributed by atoms with E-state index in [1.165, 1.54) is 13.3 Å². The van der Waals surface area contributed by atoms with Crippen LogP contribution in [0.25, 0.3) is 0 Å². The Morgan fingerprint density at radius 1 is 1.56 bits per heavy atom. The van der Waals surface area contributed by atoms with Gasteiger partial charge in [-0.05, 0) is 13.0 Å². The van der Waals surface area contributed by atoms with Crippen molar-refractivity contribution in [2.24, 2.45) is 0 Å². The van der Waals surface area contributed by atoms with E-state index in [4.69, 9.17) is 4.74 Å². The number of nitrogens with zero attached hydrogens (tertiary/aromatic N) is 1. The Balaban J connectivity index is 2.60. The monoisotopic (exact) mass is 221 g/mol. The summed E-state index contributed by atoms with van der Waals surface area (Å²) >= 11 is 0. The van der Waals surface area contributed by atoms with Gasteiger partial charge in [-0.1, -0.05) is 5.57 Å². The van der Waals surface area contributed by atoms with E-state index in [9.17, 15) is 4.79 Å². The summed E-state index contributed by atoms with van der Waals surface area (Å²) in [5, 5.41) is 0. The van der Waals surface area contributed by atoms with Crippen molar-refractivity contribution in [3.8, 4) is 5.88 Å². The molecule has 0 amide bonds. The highest BCUT2D eigenvalue weighted by atomic mass is 16.5. The van der Waals surface area contributed by atoms with Gasteiger partial charge in [-0.25, -0.2) is 9.78 Å². The molecule has 0 N–H and O–H groups in total. The average molecular weight is 221 g/mol. The topological polar surface area (TPSA) is 48.4 Å². The maximum absolute atomic E-state index is 11.2. The number of methoxy groups -OCH3 is 1. The SMILES string of the molecule is C=C(C)CCOc1cc(C(=O)OC)ccn1. The van der Waals surface area contributed by atoms with E-state index in [1.807, 2.05) is 6.92 Å². The molecule has 0 aliphatic carbocycles. The van der Waals surface area contributed by atoms with Gasteiger partial charge >= 0.3 is 5.97 Å². The molecule has 0 unspecified atom stereocenters. The number of hydrogen-bond donors (Lipinski definition) is 0. The zero-order chi connectivity index (χ0) is 12.0. The zero-order valence-electron chi connectivity index (χ0n) is 9.53. The van der Waals surface area contributed by atoms with Crippen LogP contribution in [0.5, 0.6) is 5.88 Å². The summed E-state index contributed by atoms with van der Waals surface area (Å²) in [7, 11) is 1.34. The van der Waals surface area contributed by atoms with E-state index in [2.05, 4.69) is 16.3 Å². The summed E-state index contributed by atoms with van der Waals surface area (Å²) in [6.07, 6.45) is 2.28. The Labute approximate surface area is 94.9 Å². The van der Waals surface area contributed by atoms with Gasteiger partial charge in [0.25, 0.3) is 0 Å². The second kappa shape index (κ2) is 5.90. The maximum Gasteiger partial charge on any atom is 0.338 e. The molecule has 0 aliphatic heterocycles. The highest BCUT2D eigenvalue weighted by Crippen LogP contribution is 2.11. The Morgan fingerprint density at radius 3 is 2.94 bits per heavy atom. The molecule has 0 atom stereocenters. The first-order chi connectivity index (χ1) is 7.63. The number of carbonyl (C=O) groups excluding carboxylic acids is 1. The number of aromatic nitrogens is 1. The lowest BCUT2D eigenvalue weighted by Gasteiger charge is -2.05. The highest BCUT2D eigenvalue weighted by molar-refractivity contribution is 5.89. The molecule has 0 fully saturated rings. The van der Waals surface area contributed by atoms with Gasteiger partial charge in [0.15, 0.2) is 0 Å². The molecule has 0 aliphatic rings. The van der Waals surface area contributed by atoms with Crippen molar-refractivity contribution in [1.29, 1.82) is 0 Å². The molecule has 0 saturated carbocycles. The first-order valence-corrected chi connectivity index (χ1v) is 4.95. The van der Waals surface area contributed by atoms with Gasteiger partial charge in [-0.2, -0.15) is 0 Å². The Kier molecular flexibility index (Phi) is 4.51. The Bertz CT molecular complexity index is 388. The minimum Gasteiger partial charge on any atom is -0.477 e. The Hall–Kier alpha value is -1.84. The van der Waals surface area contributed by atoms with Crippen LogP contribution in [-0.4, -0.2) is 24.7 Å². The van der Waals surface area contributed by atoms with E-state index in [1.54, 1.807) is 12.1 Å². The molecule has 0 spiro atoms. The van der Waals surface area contributed by atoms with Crippen molar-refractivity contribution in [1.82, 2.24) is 4.98 Å². The fourth-order valence-electron chi connectivity index (χ4n) is 1.06. The third-order valence-electron chi connectivity index (χ3n) is 1.93. The molecule has 1 aromatic rings. The second-order valence-electron chi connectivity index (χ2n) is 3.43. The van der Waals surface area contributed by atoms with Crippen LogP contribution in [0, 0.1) is 0 Å². The van der Waals surface area contributed by atoms with Crippen LogP contribution in [-0.2, 0) is 4.74 Å². The molecule has 1 aromatic heterocycles. The zero-order valence-corrected chi connectivity index (χ0v) is 9.53. The maximum atomic E-state index is 11.2. The van der Waals surface area contributed by atoms with Crippen LogP contribution in [0.3, 0.4) is 0 Å². The first-order valence-electron chi connectivity index (χ1n) is 4.95. The first kappa shape index (κ1) is 12.2. The van der Waals surface area contributed by atoms with Crippen LogP contribution in [0.15, 0.2) is 30.5 Å². The molecule has 0 bridgehead atoms. The van der Waals surface area contributed by atoms with Gasteiger partial charge in [-0.15, -0.1) is 6.58 Å². The van der Waals surface area contributed by atoms with Crippen molar-refractivity contribution < 1.29 is 14.3 Å². The number of rotatable bonds is 5. The van der Waals surface area contributed by atoms with Crippen molar-refractivity contribution in [3.63, 3.8) is 0 Å². The fraction of sp³-hybridized carbons (Fsp3) is 0.333. The van der Waals surface area contributed by atoms with E-state index in [0.29, 0.717) is 18.1 Å². The normalized spacial score (nSPS) is 9.62. The molecule has 86 valence electrons. The van der Waals surface area contributed by atoms with Gasteiger partial charge in [-0.3, -0.25) is 0 Å².